The number of halogens is 1. The van der Waals surface area contributed by atoms with Crippen LogP contribution in [0.2, 0.25) is 5.02 Å². The molecule has 0 N–H and O–H groups in total. The molecular weight excluding hydrogens is 422 g/mol. The van der Waals surface area contributed by atoms with Crippen LogP contribution in [0, 0.1) is 0 Å². The Bertz CT molecular complexity index is 1100. The van der Waals surface area contributed by atoms with Gasteiger partial charge >= 0.3 is 0 Å². The summed E-state index contributed by atoms with van der Waals surface area (Å²) in [7, 11) is 0. The topological polar surface area (TPSA) is 29.5 Å². The molecule has 1 saturated heterocycles. The van der Waals surface area contributed by atoms with E-state index in [1.165, 1.54) is 16.7 Å². The van der Waals surface area contributed by atoms with Gasteiger partial charge < -0.3 is 4.74 Å². The van der Waals surface area contributed by atoms with Gasteiger partial charge in [0.25, 0.3) is 5.91 Å². The molecule has 0 spiro atoms. The second-order valence-corrected chi connectivity index (χ2v) is 8.46. The highest BCUT2D eigenvalue weighted by molar-refractivity contribution is 8.27. The van der Waals surface area contributed by atoms with Gasteiger partial charge in [-0.2, -0.15) is 0 Å². The van der Waals surface area contributed by atoms with Gasteiger partial charge in [0.15, 0.2) is 4.32 Å². The highest BCUT2D eigenvalue weighted by Gasteiger charge is 2.33. The third-order valence-electron chi connectivity index (χ3n) is 4.26. The summed E-state index contributed by atoms with van der Waals surface area (Å²) >= 11 is 12.8. The zero-order chi connectivity index (χ0) is 20.2. The van der Waals surface area contributed by atoms with Crippen molar-refractivity contribution in [3.63, 3.8) is 0 Å². The van der Waals surface area contributed by atoms with E-state index >= 15 is 0 Å². The first kappa shape index (κ1) is 19.7. The molecule has 1 fully saturated rings. The number of ether oxygens (including phenoxy) is 1. The number of thiocarbonyl (C=S) groups is 1. The van der Waals surface area contributed by atoms with Crippen molar-refractivity contribution in [2.24, 2.45) is 0 Å². The van der Waals surface area contributed by atoms with Gasteiger partial charge in [0, 0.05) is 5.02 Å². The molecule has 1 aliphatic rings. The molecule has 3 nitrogen and oxygen atoms in total. The summed E-state index contributed by atoms with van der Waals surface area (Å²) in [5.74, 6) is 0.589. The zero-order valence-corrected chi connectivity index (χ0v) is 17.6. The highest BCUT2D eigenvalue weighted by atomic mass is 35.5. The van der Waals surface area contributed by atoms with E-state index in [1.807, 2.05) is 66.7 Å². The first-order valence-electron chi connectivity index (χ1n) is 8.90. The van der Waals surface area contributed by atoms with E-state index in [2.05, 4.69) is 0 Å². The number of hydrogen-bond donors (Lipinski definition) is 0. The molecule has 0 radical (unpaired) electrons. The summed E-state index contributed by atoms with van der Waals surface area (Å²) in [4.78, 5) is 15.0. The smallest absolute Gasteiger partial charge is 0.270 e. The lowest BCUT2D eigenvalue weighted by Crippen LogP contribution is -2.27. The maximum absolute atomic E-state index is 12.9. The fourth-order valence-electron chi connectivity index (χ4n) is 2.89. The standard InChI is InChI=1S/C23H16ClNO2S2/c24-18-9-5-10-19(14-18)25-22(26)21(29-23(25)28)13-17-8-4-11-20(12-17)27-15-16-6-2-1-3-7-16/h1-14H,15H2/b21-13-. The van der Waals surface area contributed by atoms with E-state index in [9.17, 15) is 4.79 Å². The summed E-state index contributed by atoms with van der Waals surface area (Å²) in [6.07, 6.45) is 1.83. The molecule has 3 aromatic rings. The first-order chi connectivity index (χ1) is 14.1. The third kappa shape index (κ3) is 4.70. The molecule has 144 valence electrons. The number of nitrogens with zero attached hydrogens (tertiary/aromatic N) is 1. The predicted molar refractivity (Wildman–Crippen MR) is 124 cm³/mol. The molecule has 1 amide bonds. The molecule has 4 rings (SSSR count). The third-order valence-corrected chi connectivity index (χ3v) is 5.80. The molecule has 29 heavy (non-hydrogen) atoms. The Kier molecular flexibility index (Phi) is 6.00. The summed E-state index contributed by atoms with van der Waals surface area (Å²) in [6, 6.07) is 24.7. The van der Waals surface area contributed by atoms with E-state index in [0.29, 0.717) is 26.5 Å². The van der Waals surface area contributed by atoms with Crippen LogP contribution >= 0.6 is 35.6 Å². The van der Waals surface area contributed by atoms with Gasteiger partial charge in [-0.15, -0.1) is 0 Å². The minimum absolute atomic E-state index is 0.155. The molecule has 1 aliphatic heterocycles. The van der Waals surface area contributed by atoms with Crippen LogP contribution < -0.4 is 9.64 Å². The van der Waals surface area contributed by atoms with Crippen LogP contribution in [0.5, 0.6) is 5.75 Å². The molecule has 0 saturated carbocycles. The summed E-state index contributed by atoms with van der Waals surface area (Å²) in [5, 5.41) is 0.559. The van der Waals surface area contributed by atoms with Crippen LogP contribution in [0.4, 0.5) is 5.69 Å². The average molecular weight is 438 g/mol. The fraction of sp³-hybridized carbons (Fsp3) is 0.0435. The lowest BCUT2D eigenvalue weighted by atomic mass is 10.2. The van der Waals surface area contributed by atoms with Crippen LogP contribution in [0.1, 0.15) is 11.1 Å². The van der Waals surface area contributed by atoms with Gasteiger partial charge in [0.2, 0.25) is 0 Å². The van der Waals surface area contributed by atoms with Gasteiger partial charge in [-0.25, -0.2) is 0 Å². The minimum Gasteiger partial charge on any atom is -0.489 e. The number of carbonyl (C=O) groups excluding carboxylic acids is 1. The van der Waals surface area contributed by atoms with Crippen molar-refractivity contribution in [2.75, 3.05) is 4.90 Å². The summed E-state index contributed by atoms with van der Waals surface area (Å²) in [6.45, 7) is 0.487. The first-order valence-corrected chi connectivity index (χ1v) is 10.5. The lowest BCUT2D eigenvalue weighted by molar-refractivity contribution is -0.113. The maximum Gasteiger partial charge on any atom is 0.270 e. The Morgan fingerprint density at radius 2 is 1.79 bits per heavy atom. The molecule has 6 heteroatoms. The van der Waals surface area contributed by atoms with Crippen LogP contribution in [0.3, 0.4) is 0 Å². The second kappa shape index (κ2) is 8.82. The van der Waals surface area contributed by atoms with Crippen molar-refractivity contribution in [3.05, 3.63) is 99.9 Å². The predicted octanol–water partition coefficient (Wildman–Crippen LogP) is 6.32. The van der Waals surface area contributed by atoms with E-state index in [4.69, 9.17) is 28.6 Å². The Balaban J connectivity index is 1.52. The highest BCUT2D eigenvalue weighted by Crippen LogP contribution is 2.36. The van der Waals surface area contributed by atoms with Gasteiger partial charge in [-0.05, 0) is 47.5 Å². The number of carbonyl (C=O) groups is 1. The van der Waals surface area contributed by atoms with Gasteiger partial charge in [-0.1, -0.05) is 84.1 Å². The molecule has 0 atom stereocenters. The van der Waals surface area contributed by atoms with Gasteiger partial charge in [0.1, 0.15) is 12.4 Å². The Hall–Kier alpha value is -2.60. The Morgan fingerprint density at radius 3 is 2.59 bits per heavy atom. The number of thioether (sulfide) groups is 1. The van der Waals surface area contributed by atoms with Crippen molar-refractivity contribution >= 4 is 57.6 Å². The molecular formula is C23H16ClNO2S2. The Labute approximate surface area is 183 Å². The van der Waals surface area contributed by atoms with Crippen molar-refractivity contribution in [1.29, 1.82) is 0 Å². The van der Waals surface area contributed by atoms with Crippen LogP contribution in [-0.2, 0) is 11.4 Å². The monoisotopic (exact) mass is 437 g/mol. The van der Waals surface area contributed by atoms with Crippen molar-refractivity contribution < 1.29 is 9.53 Å². The molecule has 0 aromatic heterocycles. The summed E-state index contributed by atoms with van der Waals surface area (Å²) in [5.41, 5.74) is 2.64. The van der Waals surface area contributed by atoms with Crippen LogP contribution in [0.15, 0.2) is 83.8 Å². The van der Waals surface area contributed by atoms with Crippen molar-refractivity contribution in [2.45, 2.75) is 6.61 Å². The Morgan fingerprint density at radius 1 is 1.00 bits per heavy atom. The van der Waals surface area contributed by atoms with E-state index in [-0.39, 0.29) is 5.91 Å². The fourth-order valence-corrected chi connectivity index (χ4v) is 4.38. The number of hydrogen-bond acceptors (Lipinski definition) is 4. The lowest BCUT2D eigenvalue weighted by Gasteiger charge is -2.14. The van der Waals surface area contributed by atoms with E-state index < -0.39 is 0 Å². The molecule has 0 bridgehead atoms. The quantitative estimate of drug-likeness (QED) is 0.345. The SMILES string of the molecule is O=C1/C(=C/c2cccc(OCc3ccccc3)c2)SC(=S)N1c1cccc(Cl)c1. The van der Waals surface area contributed by atoms with Crippen LogP contribution in [-0.4, -0.2) is 10.2 Å². The maximum atomic E-state index is 12.9. The van der Waals surface area contributed by atoms with Gasteiger partial charge in [-0.3, -0.25) is 9.69 Å². The number of rotatable bonds is 5. The van der Waals surface area contributed by atoms with Crippen LogP contribution in [0.25, 0.3) is 6.08 Å². The van der Waals surface area contributed by atoms with Crippen molar-refractivity contribution in [3.8, 4) is 5.75 Å². The average Bonchev–Trinajstić information content (AvgIpc) is 3.00. The molecule has 0 aliphatic carbocycles. The zero-order valence-electron chi connectivity index (χ0n) is 15.2. The molecule has 0 unspecified atom stereocenters. The molecule has 3 aromatic carbocycles. The van der Waals surface area contributed by atoms with Crippen molar-refractivity contribution in [1.82, 2.24) is 0 Å². The largest absolute Gasteiger partial charge is 0.489 e. The van der Waals surface area contributed by atoms with E-state index in [1.54, 1.807) is 18.2 Å². The number of amides is 1. The second-order valence-electron chi connectivity index (χ2n) is 6.34. The number of anilines is 1. The minimum atomic E-state index is -0.155. The normalized spacial score (nSPS) is 15.2. The van der Waals surface area contributed by atoms with E-state index in [0.717, 1.165) is 16.9 Å². The molecule has 1 heterocycles. The van der Waals surface area contributed by atoms with Gasteiger partial charge in [0.05, 0.1) is 10.6 Å². The number of benzene rings is 3. The summed E-state index contributed by atoms with van der Waals surface area (Å²) < 4.78 is 6.36.